The number of rotatable bonds is 3. The summed E-state index contributed by atoms with van der Waals surface area (Å²) in [6, 6.07) is 16.1. The molecule has 3 aromatic rings. The monoisotopic (exact) mass is 346 g/mol. The lowest BCUT2D eigenvalue weighted by Crippen LogP contribution is -2.31. The van der Waals surface area contributed by atoms with Crippen LogP contribution < -0.4 is 10.6 Å². The van der Waals surface area contributed by atoms with E-state index in [0.29, 0.717) is 0 Å². The van der Waals surface area contributed by atoms with Crippen LogP contribution >= 0.6 is 0 Å². The number of nitrogens with zero attached hydrogens (tertiary/aromatic N) is 2. The summed E-state index contributed by atoms with van der Waals surface area (Å²) in [6.07, 6.45) is 5.12. The minimum absolute atomic E-state index is 0.174. The van der Waals surface area contributed by atoms with Crippen molar-refractivity contribution in [3.8, 4) is 5.69 Å². The minimum atomic E-state index is 0.174. The summed E-state index contributed by atoms with van der Waals surface area (Å²) < 4.78 is 2.06. The molecule has 2 N–H and O–H groups in total. The van der Waals surface area contributed by atoms with Gasteiger partial charge in [0.1, 0.15) is 6.33 Å². The molecule has 0 radical (unpaired) electrons. The summed E-state index contributed by atoms with van der Waals surface area (Å²) in [6.45, 7) is 2.08. The Hall–Kier alpha value is -2.66. The number of amides is 1. The quantitative estimate of drug-likeness (QED) is 0.765. The summed E-state index contributed by atoms with van der Waals surface area (Å²) in [7, 11) is 0. The maximum atomic E-state index is 12.6. The van der Waals surface area contributed by atoms with E-state index in [2.05, 4.69) is 26.3 Å². The Balaban J connectivity index is 1.30. The van der Waals surface area contributed by atoms with E-state index in [0.717, 1.165) is 54.8 Å². The summed E-state index contributed by atoms with van der Waals surface area (Å²) in [4.78, 5) is 17.0. The van der Waals surface area contributed by atoms with Gasteiger partial charge < -0.3 is 10.6 Å². The molecule has 1 amide bonds. The molecule has 2 heterocycles. The number of hydrogen-bond donors (Lipinski definition) is 2. The van der Waals surface area contributed by atoms with E-state index in [1.807, 2.05) is 48.8 Å². The molecule has 2 aromatic carbocycles. The molecule has 1 spiro atoms. The van der Waals surface area contributed by atoms with Gasteiger partial charge in [-0.15, -0.1) is 0 Å². The second-order valence-corrected chi connectivity index (χ2v) is 7.51. The molecule has 0 bridgehead atoms. The first kappa shape index (κ1) is 15.6. The number of anilines is 1. The number of fused-ring (bicyclic) bond motifs is 1. The molecule has 1 saturated carbocycles. The standard InChI is InChI=1S/C21H22N4O/c26-20(17-13-21(17)9-11-22-12-10-21)24-15-5-7-16(8-6-15)25-14-23-18-3-1-2-4-19(18)25/h1-8,14,17,22H,9-13H2,(H,24,26). The molecule has 5 nitrogen and oxygen atoms in total. The molecule has 1 aliphatic heterocycles. The van der Waals surface area contributed by atoms with E-state index < -0.39 is 0 Å². The van der Waals surface area contributed by atoms with Gasteiger partial charge in [-0.3, -0.25) is 9.36 Å². The Morgan fingerprint density at radius 1 is 1.12 bits per heavy atom. The predicted molar refractivity (Wildman–Crippen MR) is 102 cm³/mol. The van der Waals surface area contributed by atoms with Crippen molar-refractivity contribution in [3.63, 3.8) is 0 Å². The number of nitrogens with one attached hydrogen (secondary N) is 2. The van der Waals surface area contributed by atoms with Gasteiger partial charge in [0, 0.05) is 17.3 Å². The minimum Gasteiger partial charge on any atom is -0.326 e. The lowest BCUT2D eigenvalue weighted by atomic mass is 9.92. The highest BCUT2D eigenvalue weighted by atomic mass is 16.2. The van der Waals surface area contributed by atoms with Crippen LogP contribution in [0.3, 0.4) is 0 Å². The van der Waals surface area contributed by atoms with Crippen LogP contribution in [0, 0.1) is 11.3 Å². The molecule has 26 heavy (non-hydrogen) atoms. The van der Waals surface area contributed by atoms with Gasteiger partial charge in [-0.2, -0.15) is 0 Å². The lowest BCUT2D eigenvalue weighted by molar-refractivity contribution is -0.118. The molecule has 2 fully saturated rings. The van der Waals surface area contributed by atoms with Gasteiger partial charge >= 0.3 is 0 Å². The average molecular weight is 346 g/mol. The average Bonchev–Trinajstić information content (AvgIpc) is 3.20. The Labute approximate surface area is 152 Å². The van der Waals surface area contributed by atoms with Crippen molar-refractivity contribution in [2.75, 3.05) is 18.4 Å². The molecule has 1 aromatic heterocycles. The van der Waals surface area contributed by atoms with E-state index in [-0.39, 0.29) is 17.2 Å². The Morgan fingerprint density at radius 3 is 2.69 bits per heavy atom. The SMILES string of the molecule is O=C(Nc1ccc(-n2cnc3ccccc32)cc1)C1CC12CCNCC2. The number of carbonyl (C=O) groups is 1. The van der Waals surface area contributed by atoms with Crippen LogP contribution in [0.1, 0.15) is 19.3 Å². The number of piperidine rings is 1. The van der Waals surface area contributed by atoms with Crippen LogP contribution in [-0.4, -0.2) is 28.5 Å². The van der Waals surface area contributed by atoms with Gasteiger partial charge in [-0.25, -0.2) is 4.98 Å². The predicted octanol–water partition coefficient (Wildman–Crippen LogP) is 3.35. The molecule has 1 saturated heterocycles. The number of carbonyl (C=O) groups excluding carboxylic acids is 1. The van der Waals surface area contributed by atoms with Crippen LogP contribution in [0.15, 0.2) is 54.9 Å². The third-order valence-corrected chi connectivity index (χ3v) is 5.97. The van der Waals surface area contributed by atoms with E-state index in [1.54, 1.807) is 0 Å². The summed E-state index contributed by atoms with van der Waals surface area (Å²) in [5.74, 6) is 0.356. The largest absolute Gasteiger partial charge is 0.326 e. The van der Waals surface area contributed by atoms with Gasteiger partial charge in [-0.05, 0) is 74.2 Å². The Kier molecular flexibility index (Phi) is 3.57. The summed E-state index contributed by atoms with van der Waals surface area (Å²) in [5, 5.41) is 6.48. The van der Waals surface area contributed by atoms with E-state index in [1.165, 1.54) is 0 Å². The number of aromatic nitrogens is 2. The van der Waals surface area contributed by atoms with Crippen LogP contribution in [0.2, 0.25) is 0 Å². The fraction of sp³-hybridized carbons (Fsp3) is 0.333. The maximum Gasteiger partial charge on any atom is 0.228 e. The fourth-order valence-corrected chi connectivity index (χ4v) is 4.30. The smallest absolute Gasteiger partial charge is 0.228 e. The zero-order valence-electron chi connectivity index (χ0n) is 14.6. The van der Waals surface area contributed by atoms with Gasteiger partial charge in [-0.1, -0.05) is 12.1 Å². The van der Waals surface area contributed by atoms with E-state index >= 15 is 0 Å². The zero-order valence-corrected chi connectivity index (χ0v) is 14.6. The molecular formula is C21H22N4O. The van der Waals surface area contributed by atoms with Crippen LogP contribution in [0.25, 0.3) is 16.7 Å². The first-order chi connectivity index (χ1) is 12.8. The van der Waals surface area contributed by atoms with Crippen molar-refractivity contribution >= 4 is 22.6 Å². The third-order valence-electron chi connectivity index (χ3n) is 5.97. The van der Waals surface area contributed by atoms with Crippen molar-refractivity contribution < 1.29 is 4.79 Å². The van der Waals surface area contributed by atoms with Gasteiger partial charge in [0.2, 0.25) is 5.91 Å². The van der Waals surface area contributed by atoms with Gasteiger partial charge in [0.05, 0.1) is 11.0 Å². The molecule has 5 rings (SSSR count). The molecule has 1 atom stereocenters. The number of hydrogen-bond acceptors (Lipinski definition) is 3. The van der Waals surface area contributed by atoms with E-state index in [9.17, 15) is 4.79 Å². The van der Waals surface area contributed by atoms with Gasteiger partial charge in [0.25, 0.3) is 0 Å². The van der Waals surface area contributed by atoms with Crippen molar-refractivity contribution in [2.45, 2.75) is 19.3 Å². The lowest BCUT2D eigenvalue weighted by Gasteiger charge is -2.23. The van der Waals surface area contributed by atoms with Crippen LogP contribution in [0.4, 0.5) is 5.69 Å². The van der Waals surface area contributed by atoms with Crippen molar-refractivity contribution in [1.82, 2.24) is 14.9 Å². The topological polar surface area (TPSA) is 59.0 Å². The molecular weight excluding hydrogens is 324 g/mol. The second-order valence-electron chi connectivity index (χ2n) is 7.51. The molecule has 1 aliphatic carbocycles. The number of para-hydroxylation sites is 2. The van der Waals surface area contributed by atoms with Crippen molar-refractivity contribution in [3.05, 3.63) is 54.9 Å². The van der Waals surface area contributed by atoms with Crippen molar-refractivity contribution in [1.29, 1.82) is 0 Å². The van der Waals surface area contributed by atoms with E-state index in [4.69, 9.17) is 0 Å². The van der Waals surface area contributed by atoms with Gasteiger partial charge in [0.15, 0.2) is 0 Å². The normalized spacial score (nSPS) is 21.0. The molecule has 1 unspecified atom stereocenters. The first-order valence-corrected chi connectivity index (χ1v) is 9.29. The highest BCUT2D eigenvalue weighted by Gasteiger charge is 2.57. The van der Waals surface area contributed by atoms with Crippen LogP contribution in [-0.2, 0) is 4.79 Å². The van der Waals surface area contributed by atoms with Crippen LogP contribution in [0.5, 0.6) is 0 Å². The first-order valence-electron chi connectivity index (χ1n) is 9.29. The summed E-state index contributed by atoms with van der Waals surface area (Å²) in [5.41, 5.74) is 4.23. The molecule has 2 aliphatic rings. The summed E-state index contributed by atoms with van der Waals surface area (Å²) >= 11 is 0. The molecule has 5 heteroatoms. The van der Waals surface area contributed by atoms with Crippen molar-refractivity contribution in [2.24, 2.45) is 11.3 Å². The molecule has 132 valence electrons. The number of benzene rings is 2. The number of imidazole rings is 1. The second kappa shape index (κ2) is 5.95. The maximum absolute atomic E-state index is 12.6. The fourth-order valence-electron chi connectivity index (χ4n) is 4.30. The highest BCUT2D eigenvalue weighted by molar-refractivity contribution is 5.95. The Morgan fingerprint density at radius 2 is 1.88 bits per heavy atom. The highest BCUT2D eigenvalue weighted by Crippen LogP contribution is 2.58. The zero-order chi connectivity index (χ0) is 17.6. The Bertz CT molecular complexity index is 954. The third kappa shape index (κ3) is 2.59.